The van der Waals surface area contributed by atoms with Crippen molar-refractivity contribution in [3.63, 3.8) is 0 Å². The molecular formula is C8H6IN3. The lowest BCUT2D eigenvalue weighted by Gasteiger charge is -2.00. The van der Waals surface area contributed by atoms with Crippen LogP contribution in [0.1, 0.15) is 5.56 Å². The van der Waals surface area contributed by atoms with Gasteiger partial charge in [-0.3, -0.25) is 4.98 Å². The quantitative estimate of drug-likeness (QED) is 0.687. The van der Waals surface area contributed by atoms with Crippen LogP contribution in [-0.4, -0.2) is 15.2 Å². The van der Waals surface area contributed by atoms with Gasteiger partial charge in [0.2, 0.25) is 0 Å². The fourth-order valence-corrected chi connectivity index (χ4v) is 1.58. The molecule has 0 aliphatic rings. The van der Waals surface area contributed by atoms with Crippen molar-refractivity contribution in [2.75, 3.05) is 0 Å². The van der Waals surface area contributed by atoms with E-state index in [-0.39, 0.29) is 0 Å². The van der Waals surface area contributed by atoms with Gasteiger partial charge in [-0.2, -0.15) is 10.2 Å². The summed E-state index contributed by atoms with van der Waals surface area (Å²) in [5.41, 5.74) is 2.08. The summed E-state index contributed by atoms with van der Waals surface area (Å²) in [4.78, 5) is 4.23. The number of nitrogens with zero attached hydrogens (tertiary/aromatic N) is 3. The maximum atomic E-state index is 4.23. The van der Waals surface area contributed by atoms with Gasteiger partial charge < -0.3 is 0 Å². The summed E-state index contributed by atoms with van der Waals surface area (Å²) in [6.07, 6.45) is 5.28. The van der Waals surface area contributed by atoms with Gasteiger partial charge in [0.15, 0.2) is 0 Å². The standard InChI is InChI=1S/C8H6IN3/c1-5-2-10-7-4-12-11-3-6(7)8(5)9/h2-4H,1H3. The summed E-state index contributed by atoms with van der Waals surface area (Å²) in [6.45, 7) is 2.04. The van der Waals surface area contributed by atoms with Crippen LogP contribution < -0.4 is 0 Å². The highest BCUT2D eigenvalue weighted by Gasteiger charge is 2.01. The first-order valence-corrected chi connectivity index (χ1v) is 4.58. The van der Waals surface area contributed by atoms with Crippen LogP contribution in [0.25, 0.3) is 10.9 Å². The third-order valence-electron chi connectivity index (χ3n) is 1.69. The lowest BCUT2D eigenvalue weighted by Crippen LogP contribution is -1.89. The summed E-state index contributed by atoms with van der Waals surface area (Å²) >= 11 is 2.29. The summed E-state index contributed by atoms with van der Waals surface area (Å²) in [7, 11) is 0. The Bertz CT molecular complexity index is 428. The number of aryl methyl sites for hydroxylation is 1. The third-order valence-corrected chi connectivity index (χ3v) is 3.12. The number of rotatable bonds is 0. The SMILES string of the molecule is Cc1cnc2cnncc2c1I. The van der Waals surface area contributed by atoms with E-state index in [1.807, 2.05) is 13.1 Å². The number of fused-ring (bicyclic) bond motifs is 1. The number of hydrogen-bond donors (Lipinski definition) is 0. The Morgan fingerprint density at radius 2 is 1.92 bits per heavy atom. The molecule has 0 bridgehead atoms. The average Bonchev–Trinajstić information content (AvgIpc) is 2.12. The molecule has 0 spiro atoms. The Balaban J connectivity index is 2.91. The highest BCUT2D eigenvalue weighted by molar-refractivity contribution is 14.1. The van der Waals surface area contributed by atoms with Gasteiger partial charge >= 0.3 is 0 Å². The largest absolute Gasteiger partial charge is 0.254 e. The Morgan fingerprint density at radius 3 is 2.75 bits per heavy atom. The predicted octanol–water partition coefficient (Wildman–Crippen LogP) is 1.94. The van der Waals surface area contributed by atoms with Crippen LogP contribution in [0.3, 0.4) is 0 Å². The molecule has 0 saturated heterocycles. The van der Waals surface area contributed by atoms with E-state index < -0.39 is 0 Å². The fourth-order valence-electron chi connectivity index (χ4n) is 1.02. The zero-order valence-electron chi connectivity index (χ0n) is 6.45. The lowest BCUT2D eigenvalue weighted by molar-refractivity contribution is 1.04. The normalized spacial score (nSPS) is 10.5. The van der Waals surface area contributed by atoms with Gasteiger partial charge in [-0.1, -0.05) is 0 Å². The average molecular weight is 271 g/mol. The Hall–Kier alpha value is -0.780. The molecule has 2 aromatic rings. The highest BCUT2D eigenvalue weighted by atomic mass is 127. The number of halogens is 1. The molecule has 2 aromatic heterocycles. The van der Waals surface area contributed by atoms with Gasteiger partial charge in [-0.05, 0) is 35.1 Å². The van der Waals surface area contributed by atoms with E-state index in [9.17, 15) is 0 Å². The molecule has 2 rings (SSSR count). The molecule has 2 heterocycles. The second kappa shape index (κ2) is 2.93. The van der Waals surface area contributed by atoms with Gasteiger partial charge in [0, 0.05) is 15.2 Å². The molecule has 0 fully saturated rings. The van der Waals surface area contributed by atoms with E-state index in [0.717, 1.165) is 10.9 Å². The summed E-state index contributed by atoms with van der Waals surface area (Å²) in [5.74, 6) is 0. The monoisotopic (exact) mass is 271 g/mol. The van der Waals surface area contributed by atoms with Crippen LogP contribution >= 0.6 is 22.6 Å². The maximum Gasteiger partial charge on any atom is 0.0930 e. The van der Waals surface area contributed by atoms with Crippen molar-refractivity contribution >= 4 is 33.5 Å². The zero-order chi connectivity index (χ0) is 8.55. The summed E-state index contributed by atoms with van der Waals surface area (Å²) in [6, 6.07) is 0. The molecule has 0 radical (unpaired) electrons. The maximum absolute atomic E-state index is 4.23. The molecule has 0 aliphatic carbocycles. The fraction of sp³-hybridized carbons (Fsp3) is 0.125. The van der Waals surface area contributed by atoms with E-state index in [1.54, 1.807) is 12.4 Å². The van der Waals surface area contributed by atoms with Crippen molar-refractivity contribution < 1.29 is 0 Å². The van der Waals surface area contributed by atoms with Crippen molar-refractivity contribution in [2.24, 2.45) is 0 Å². The molecule has 0 amide bonds. The minimum Gasteiger partial charge on any atom is -0.254 e. The van der Waals surface area contributed by atoms with Crippen LogP contribution in [0.15, 0.2) is 18.6 Å². The smallest absolute Gasteiger partial charge is 0.0930 e. The first kappa shape index (κ1) is 7.85. The number of hydrogen-bond acceptors (Lipinski definition) is 3. The van der Waals surface area contributed by atoms with E-state index in [0.29, 0.717) is 0 Å². The molecule has 3 nitrogen and oxygen atoms in total. The zero-order valence-corrected chi connectivity index (χ0v) is 8.61. The molecule has 4 heteroatoms. The second-order valence-electron chi connectivity index (χ2n) is 2.54. The van der Waals surface area contributed by atoms with Gasteiger partial charge in [0.05, 0.1) is 17.9 Å². The predicted molar refractivity (Wildman–Crippen MR) is 54.8 cm³/mol. The molecule has 0 N–H and O–H groups in total. The van der Waals surface area contributed by atoms with Crippen molar-refractivity contribution in [1.82, 2.24) is 15.2 Å². The molecule has 12 heavy (non-hydrogen) atoms. The van der Waals surface area contributed by atoms with Crippen LogP contribution in [-0.2, 0) is 0 Å². The van der Waals surface area contributed by atoms with Crippen LogP contribution in [0, 0.1) is 10.5 Å². The Morgan fingerprint density at radius 1 is 1.17 bits per heavy atom. The summed E-state index contributed by atoms with van der Waals surface area (Å²) in [5, 5.41) is 8.66. The molecule has 0 aliphatic heterocycles. The molecule has 0 unspecified atom stereocenters. The lowest BCUT2D eigenvalue weighted by atomic mass is 10.2. The first-order chi connectivity index (χ1) is 5.79. The number of pyridine rings is 1. The van der Waals surface area contributed by atoms with E-state index in [4.69, 9.17) is 0 Å². The van der Waals surface area contributed by atoms with E-state index >= 15 is 0 Å². The van der Waals surface area contributed by atoms with Gasteiger partial charge in [0.1, 0.15) is 0 Å². The molecule has 0 atom stereocenters. The van der Waals surface area contributed by atoms with Crippen molar-refractivity contribution in [3.8, 4) is 0 Å². The van der Waals surface area contributed by atoms with Crippen LogP contribution in [0.4, 0.5) is 0 Å². The Kier molecular flexibility index (Phi) is 1.92. The minimum atomic E-state index is 0.903. The molecule has 0 aromatic carbocycles. The number of aromatic nitrogens is 3. The molecule has 60 valence electrons. The summed E-state index contributed by atoms with van der Waals surface area (Å²) < 4.78 is 1.20. The van der Waals surface area contributed by atoms with E-state index in [1.165, 1.54) is 9.13 Å². The first-order valence-electron chi connectivity index (χ1n) is 3.50. The topological polar surface area (TPSA) is 38.7 Å². The van der Waals surface area contributed by atoms with Crippen molar-refractivity contribution in [2.45, 2.75) is 6.92 Å². The van der Waals surface area contributed by atoms with Crippen molar-refractivity contribution in [3.05, 3.63) is 27.7 Å². The third kappa shape index (κ3) is 1.16. The van der Waals surface area contributed by atoms with Gasteiger partial charge in [-0.15, -0.1) is 0 Å². The Labute approximate surface area is 83.4 Å². The van der Waals surface area contributed by atoms with E-state index in [2.05, 4.69) is 37.8 Å². The van der Waals surface area contributed by atoms with Crippen molar-refractivity contribution in [1.29, 1.82) is 0 Å². The minimum absolute atomic E-state index is 0.903. The molecular weight excluding hydrogens is 265 g/mol. The molecule has 0 saturated carbocycles. The second-order valence-corrected chi connectivity index (χ2v) is 3.62. The van der Waals surface area contributed by atoms with Gasteiger partial charge in [0.25, 0.3) is 0 Å². The van der Waals surface area contributed by atoms with Crippen LogP contribution in [0.2, 0.25) is 0 Å². The van der Waals surface area contributed by atoms with Gasteiger partial charge in [-0.25, -0.2) is 0 Å². The van der Waals surface area contributed by atoms with Crippen LogP contribution in [0.5, 0.6) is 0 Å². The highest BCUT2D eigenvalue weighted by Crippen LogP contribution is 2.19.